The second kappa shape index (κ2) is 4.33. The van der Waals surface area contributed by atoms with E-state index < -0.39 is 5.92 Å². The van der Waals surface area contributed by atoms with Crippen LogP contribution < -0.4 is 5.73 Å². The number of nitrogens with two attached hydrogens (primary N) is 1. The van der Waals surface area contributed by atoms with Crippen molar-refractivity contribution in [2.45, 2.75) is 38.2 Å². The van der Waals surface area contributed by atoms with E-state index in [1.807, 2.05) is 11.8 Å². The summed E-state index contributed by atoms with van der Waals surface area (Å²) >= 11 is 0. The van der Waals surface area contributed by atoms with Crippen LogP contribution in [0, 0.1) is 0 Å². The van der Waals surface area contributed by atoms with Crippen LogP contribution in [-0.4, -0.2) is 36.5 Å². The van der Waals surface area contributed by atoms with E-state index in [1.165, 1.54) is 0 Å². The van der Waals surface area contributed by atoms with E-state index in [2.05, 4.69) is 0 Å². The van der Waals surface area contributed by atoms with Crippen LogP contribution in [0.1, 0.15) is 26.2 Å². The lowest BCUT2D eigenvalue weighted by Gasteiger charge is -2.21. The first-order chi connectivity index (χ1) is 5.99. The maximum atomic E-state index is 12.9. The number of hydrogen-bond donors (Lipinski definition) is 1. The number of nitrogens with zero attached hydrogens (tertiary/aromatic N) is 1. The van der Waals surface area contributed by atoms with Crippen molar-refractivity contribution in [3.8, 4) is 0 Å². The largest absolute Gasteiger partial charge is 0.327 e. The first-order valence-corrected chi connectivity index (χ1v) is 4.85. The van der Waals surface area contributed by atoms with Gasteiger partial charge >= 0.3 is 0 Å². The summed E-state index contributed by atoms with van der Waals surface area (Å²) in [5, 5.41) is 0. The summed E-state index contributed by atoms with van der Waals surface area (Å²) in [4.78, 5) is 2.03. The fraction of sp³-hybridized carbons (Fsp3) is 1.00. The maximum absolute atomic E-state index is 12.9. The second-order valence-corrected chi connectivity index (χ2v) is 3.99. The molecule has 1 aliphatic heterocycles. The molecule has 0 bridgehead atoms. The summed E-state index contributed by atoms with van der Waals surface area (Å²) < 4.78 is 25.8. The van der Waals surface area contributed by atoms with E-state index in [4.69, 9.17) is 5.73 Å². The summed E-state index contributed by atoms with van der Waals surface area (Å²) in [6, 6.07) is 0.0757. The Labute approximate surface area is 78.1 Å². The number of alkyl halides is 2. The SMILES string of the molecule is CC(N)CN1CCCC(F)(F)CC1. The molecule has 0 aromatic carbocycles. The third-order valence-corrected chi connectivity index (χ3v) is 2.36. The van der Waals surface area contributed by atoms with Crippen molar-refractivity contribution in [1.29, 1.82) is 0 Å². The highest BCUT2D eigenvalue weighted by atomic mass is 19.3. The molecule has 13 heavy (non-hydrogen) atoms. The summed E-state index contributed by atoms with van der Waals surface area (Å²) in [5.74, 6) is -2.45. The molecule has 2 nitrogen and oxygen atoms in total. The quantitative estimate of drug-likeness (QED) is 0.717. The zero-order valence-corrected chi connectivity index (χ0v) is 8.10. The van der Waals surface area contributed by atoms with E-state index in [0.29, 0.717) is 13.0 Å². The smallest absolute Gasteiger partial charge is 0.249 e. The van der Waals surface area contributed by atoms with Gasteiger partial charge in [0.1, 0.15) is 0 Å². The normalized spacial score (nSPS) is 26.8. The fourth-order valence-corrected chi connectivity index (χ4v) is 1.71. The van der Waals surface area contributed by atoms with Gasteiger partial charge in [-0.3, -0.25) is 0 Å². The number of likely N-dealkylation sites (tertiary alicyclic amines) is 1. The number of hydrogen-bond acceptors (Lipinski definition) is 2. The monoisotopic (exact) mass is 192 g/mol. The van der Waals surface area contributed by atoms with E-state index in [0.717, 1.165) is 13.1 Å². The molecule has 0 spiro atoms. The lowest BCUT2D eigenvalue weighted by molar-refractivity contribution is -0.0131. The highest BCUT2D eigenvalue weighted by Crippen LogP contribution is 2.27. The van der Waals surface area contributed by atoms with Crippen molar-refractivity contribution >= 4 is 0 Å². The van der Waals surface area contributed by atoms with Crippen molar-refractivity contribution in [3.63, 3.8) is 0 Å². The molecular weight excluding hydrogens is 174 g/mol. The summed E-state index contributed by atoms with van der Waals surface area (Å²) in [6.45, 7) is 3.88. The average molecular weight is 192 g/mol. The van der Waals surface area contributed by atoms with Gasteiger partial charge in [0.25, 0.3) is 0 Å². The molecule has 0 amide bonds. The molecule has 78 valence electrons. The molecule has 0 saturated carbocycles. The van der Waals surface area contributed by atoms with E-state index in [1.54, 1.807) is 0 Å². The molecule has 1 heterocycles. The number of rotatable bonds is 2. The Morgan fingerprint density at radius 1 is 1.38 bits per heavy atom. The zero-order valence-electron chi connectivity index (χ0n) is 8.10. The van der Waals surface area contributed by atoms with E-state index in [9.17, 15) is 8.78 Å². The Balaban J connectivity index is 2.36. The molecule has 1 rings (SSSR count). The van der Waals surface area contributed by atoms with Crippen LogP contribution in [0.3, 0.4) is 0 Å². The van der Waals surface area contributed by atoms with Gasteiger partial charge in [0.2, 0.25) is 5.92 Å². The Morgan fingerprint density at radius 2 is 2.08 bits per heavy atom. The number of halogens is 2. The predicted octanol–water partition coefficient (Wildman–Crippen LogP) is 1.45. The zero-order chi connectivity index (χ0) is 9.90. The molecule has 2 N–H and O–H groups in total. The molecule has 1 unspecified atom stereocenters. The van der Waals surface area contributed by atoms with Gasteiger partial charge in [0, 0.05) is 32.0 Å². The van der Waals surface area contributed by atoms with Crippen molar-refractivity contribution < 1.29 is 8.78 Å². The molecule has 0 aliphatic carbocycles. The summed E-state index contributed by atoms with van der Waals surface area (Å²) in [7, 11) is 0. The highest BCUT2D eigenvalue weighted by Gasteiger charge is 2.31. The van der Waals surface area contributed by atoms with Gasteiger partial charge in [-0.25, -0.2) is 8.78 Å². The van der Waals surface area contributed by atoms with E-state index in [-0.39, 0.29) is 18.9 Å². The third kappa shape index (κ3) is 4.00. The van der Waals surface area contributed by atoms with Gasteiger partial charge in [0.15, 0.2) is 0 Å². The Morgan fingerprint density at radius 3 is 2.69 bits per heavy atom. The minimum Gasteiger partial charge on any atom is -0.327 e. The van der Waals surface area contributed by atoms with Gasteiger partial charge in [-0.1, -0.05) is 0 Å². The molecule has 1 aliphatic rings. The van der Waals surface area contributed by atoms with Gasteiger partial charge in [-0.05, 0) is 19.9 Å². The lowest BCUT2D eigenvalue weighted by Crippen LogP contribution is -2.36. The standard InChI is InChI=1S/C9H18F2N2/c1-8(12)7-13-5-2-3-9(10,11)4-6-13/h8H,2-7,12H2,1H3. The highest BCUT2D eigenvalue weighted by molar-refractivity contribution is 4.76. The first-order valence-electron chi connectivity index (χ1n) is 4.85. The molecule has 1 saturated heterocycles. The molecular formula is C9H18F2N2. The fourth-order valence-electron chi connectivity index (χ4n) is 1.71. The van der Waals surface area contributed by atoms with Crippen LogP contribution in [0.5, 0.6) is 0 Å². The predicted molar refractivity (Wildman–Crippen MR) is 48.9 cm³/mol. The van der Waals surface area contributed by atoms with Crippen molar-refractivity contribution in [2.75, 3.05) is 19.6 Å². The van der Waals surface area contributed by atoms with Gasteiger partial charge in [0.05, 0.1) is 0 Å². The van der Waals surface area contributed by atoms with Crippen LogP contribution in [0.25, 0.3) is 0 Å². The van der Waals surface area contributed by atoms with Gasteiger partial charge < -0.3 is 10.6 Å². The topological polar surface area (TPSA) is 29.3 Å². The van der Waals surface area contributed by atoms with Gasteiger partial charge in [-0.2, -0.15) is 0 Å². The molecule has 0 aromatic rings. The first kappa shape index (κ1) is 10.9. The van der Waals surface area contributed by atoms with Crippen molar-refractivity contribution in [3.05, 3.63) is 0 Å². The minimum atomic E-state index is -2.45. The summed E-state index contributed by atoms with van der Waals surface area (Å²) in [5.41, 5.74) is 5.61. The Hall–Kier alpha value is -0.220. The molecule has 4 heteroatoms. The molecule has 1 fully saturated rings. The van der Waals surface area contributed by atoms with Crippen molar-refractivity contribution in [1.82, 2.24) is 4.90 Å². The lowest BCUT2D eigenvalue weighted by atomic mass is 10.1. The Kier molecular flexibility index (Phi) is 3.62. The van der Waals surface area contributed by atoms with Crippen LogP contribution in [0.15, 0.2) is 0 Å². The van der Waals surface area contributed by atoms with Crippen LogP contribution >= 0.6 is 0 Å². The minimum absolute atomic E-state index is 0.0142. The Bertz CT molecular complexity index is 160. The van der Waals surface area contributed by atoms with Crippen LogP contribution in [0.2, 0.25) is 0 Å². The third-order valence-electron chi connectivity index (χ3n) is 2.36. The molecule has 0 radical (unpaired) electrons. The van der Waals surface area contributed by atoms with E-state index >= 15 is 0 Å². The maximum Gasteiger partial charge on any atom is 0.249 e. The average Bonchev–Trinajstić information content (AvgIpc) is 2.12. The van der Waals surface area contributed by atoms with Crippen LogP contribution in [-0.2, 0) is 0 Å². The molecule has 1 atom stereocenters. The second-order valence-electron chi connectivity index (χ2n) is 3.99. The van der Waals surface area contributed by atoms with Crippen LogP contribution in [0.4, 0.5) is 8.78 Å². The molecule has 0 aromatic heterocycles. The van der Waals surface area contributed by atoms with Crippen molar-refractivity contribution in [2.24, 2.45) is 5.73 Å². The summed E-state index contributed by atoms with van der Waals surface area (Å²) in [6.07, 6.45) is 0.599. The van der Waals surface area contributed by atoms with Gasteiger partial charge in [-0.15, -0.1) is 0 Å².